The second-order valence-electron chi connectivity index (χ2n) is 5.22. The maximum absolute atomic E-state index is 14.1. The van der Waals surface area contributed by atoms with Crippen molar-refractivity contribution in [3.8, 4) is 0 Å². The summed E-state index contributed by atoms with van der Waals surface area (Å²) in [4.78, 5) is 0. The fourth-order valence-corrected chi connectivity index (χ4v) is 5.78. The van der Waals surface area contributed by atoms with Crippen molar-refractivity contribution in [1.29, 1.82) is 0 Å². The normalized spacial score (nSPS) is 27.6. The van der Waals surface area contributed by atoms with E-state index in [0.717, 1.165) is 5.75 Å². The van der Waals surface area contributed by atoms with E-state index in [9.17, 15) is 8.78 Å². The molecule has 1 aromatic carbocycles. The van der Waals surface area contributed by atoms with Crippen LogP contribution in [0.5, 0.6) is 0 Å². The highest BCUT2D eigenvalue weighted by atomic mass is 79.9. The van der Waals surface area contributed by atoms with E-state index in [-0.39, 0.29) is 27.7 Å². The summed E-state index contributed by atoms with van der Waals surface area (Å²) in [6, 6.07) is 2.51. The van der Waals surface area contributed by atoms with Gasteiger partial charge in [-0.1, -0.05) is 13.8 Å². The minimum Gasteiger partial charge on any atom is -0.271 e. The topological polar surface area (TPSA) is 38.0 Å². The highest BCUT2D eigenvalue weighted by molar-refractivity contribution is 9.10. The molecular formula is C14H19BrF2N2S2. The molecule has 0 aromatic heterocycles. The van der Waals surface area contributed by atoms with Gasteiger partial charge in [-0.25, -0.2) is 8.78 Å². The van der Waals surface area contributed by atoms with Crippen molar-refractivity contribution < 1.29 is 8.78 Å². The Balaban J connectivity index is 2.15. The van der Waals surface area contributed by atoms with Crippen LogP contribution in [0, 0.1) is 11.6 Å². The zero-order chi connectivity index (χ0) is 15.6. The first-order valence-corrected chi connectivity index (χ1v) is 9.58. The monoisotopic (exact) mass is 396 g/mol. The summed E-state index contributed by atoms with van der Waals surface area (Å²) in [6.07, 6.45) is 0.243. The van der Waals surface area contributed by atoms with Crippen molar-refractivity contribution >= 4 is 39.5 Å². The number of halogens is 3. The van der Waals surface area contributed by atoms with Crippen LogP contribution >= 0.6 is 39.5 Å². The maximum Gasteiger partial charge on any atom is 0.143 e. The third-order valence-electron chi connectivity index (χ3n) is 3.80. The molecule has 0 bridgehead atoms. The number of hydrogen-bond acceptors (Lipinski definition) is 4. The zero-order valence-corrected chi connectivity index (χ0v) is 15.1. The fraction of sp³-hybridized carbons (Fsp3) is 0.571. The Labute approximate surface area is 141 Å². The van der Waals surface area contributed by atoms with Crippen molar-refractivity contribution in [3.63, 3.8) is 0 Å². The van der Waals surface area contributed by atoms with Gasteiger partial charge in [0.1, 0.15) is 11.6 Å². The Kier molecular flexibility index (Phi) is 6.38. The van der Waals surface area contributed by atoms with Crippen molar-refractivity contribution in [1.82, 2.24) is 5.43 Å². The van der Waals surface area contributed by atoms with Gasteiger partial charge >= 0.3 is 0 Å². The summed E-state index contributed by atoms with van der Waals surface area (Å²) in [6.45, 7) is 4.39. The predicted molar refractivity (Wildman–Crippen MR) is 91.6 cm³/mol. The molecule has 0 saturated carbocycles. The number of hydrogen-bond donors (Lipinski definition) is 2. The Morgan fingerprint density at radius 2 is 2.10 bits per heavy atom. The molecule has 0 aliphatic carbocycles. The second kappa shape index (κ2) is 7.64. The van der Waals surface area contributed by atoms with Crippen LogP contribution in [0.4, 0.5) is 8.78 Å². The van der Waals surface area contributed by atoms with Crippen molar-refractivity contribution in [3.05, 3.63) is 33.8 Å². The molecule has 0 amide bonds. The van der Waals surface area contributed by atoms with Crippen molar-refractivity contribution in [2.75, 3.05) is 5.75 Å². The van der Waals surface area contributed by atoms with E-state index in [1.165, 1.54) is 12.1 Å². The first-order valence-electron chi connectivity index (χ1n) is 6.79. The number of thioether (sulfide) groups is 2. The summed E-state index contributed by atoms with van der Waals surface area (Å²) in [5, 5.41) is 1.33. The summed E-state index contributed by atoms with van der Waals surface area (Å²) in [5.41, 5.74) is 2.83. The SMILES string of the molecule is CC1SCC(C(Cc2c(F)ccc(Br)c2F)NN)SC1C. The van der Waals surface area contributed by atoms with Crippen LogP contribution in [0.25, 0.3) is 0 Å². The Morgan fingerprint density at radius 1 is 1.38 bits per heavy atom. The van der Waals surface area contributed by atoms with Crippen LogP contribution in [0.2, 0.25) is 0 Å². The number of benzene rings is 1. The highest BCUT2D eigenvalue weighted by Crippen LogP contribution is 2.38. The summed E-state index contributed by atoms with van der Waals surface area (Å²) in [7, 11) is 0. The van der Waals surface area contributed by atoms with Crippen LogP contribution in [-0.2, 0) is 6.42 Å². The Bertz CT molecular complexity index is 504. The molecule has 1 saturated heterocycles. The lowest BCUT2D eigenvalue weighted by Gasteiger charge is -2.35. The minimum atomic E-state index is -0.537. The van der Waals surface area contributed by atoms with Crippen LogP contribution in [0.1, 0.15) is 19.4 Å². The number of nitrogens with one attached hydrogen (secondary N) is 1. The maximum atomic E-state index is 14.1. The highest BCUT2D eigenvalue weighted by Gasteiger charge is 2.32. The van der Waals surface area contributed by atoms with E-state index < -0.39 is 11.6 Å². The molecule has 2 nitrogen and oxygen atoms in total. The molecule has 0 radical (unpaired) electrons. The number of nitrogens with two attached hydrogens (primary N) is 1. The van der Waals surface area contributed by atoms with Gasteiger partial charge < -0.3 is 0 Å². The molecule has 21 heavy (non-hydrogen) atoms. The van der Waals surface area contributed by atoms with Gasteiger partial charge in [-0.05, 0) is 34.5 Å². The molecule has 4 atom stereocenters. The van der Waals surface area contributed by atoms with Crippen molar-refractivity contribution in [2.45, 2.75) is 42.1 Å². The largest absolute Gasteiger partial charge is 0.271 e. The zero-order valence-electron chi connectivity index (χ0n) is 11.9. The van der Waals surface area contributed by atoms with Gasteiger partial charge in [-0.3, -0.25) is 11.3 Å². The van der Waals surface area contributed by atoms with Crippen LogP contribution in [0.15, 0.2) is 16.6 Å². The lowest BCUT2D eigenvalue weighted by Crippen LogP contribution is -2.48. The number of rotatable bonds is 4. The quantitative estimate of drug-likeness (QED) is 0.461. The standard InChI is InChI=1S/C14H19BrF2N2S2/c1-7-8(2)21-13(6-20-7)12(19-18)5-9-11(16)4-3-10(15)14(9)17/h3-4,7-8,12-13,19H,5-6,18H2,1-2H3. The molecule has 1 heterocycles. The smallest absolute Gasteiger partial charge is 0.143 e. The molecule has 1 aromatic rings. The number of hydrazine groups is 1. The van der Waals surface area contributed by atoms with Crippen LogP contribution < -0.4 is 11.3 Å². The van der Waals surface area contributed by atoms with E-state index in [0.29, 0.717) is 10.5 Å². The molecule has 1 aliphatic heterocycles. The van der Waals surface area contributed by atoms with Gasteiger partial charge in [-0.15, -0.1) is 0 Å². The van der Waals surface area contributed by atoms with Gasteiger partial charge in [0.15, 0.2) is 0 Å². The molecule has 1 aliphatic rings. The third kappa shape index (κ3) is 4.13. The first kappa shape index (κ1) is 17.5. The molecular weight excluding hydrogens is 378 g/mol. The van der Waals surface area contributed by atoms with Gasteiger partial charge in [0.2, 0.25) is 0 Å². The van der Waals surface area contributed by atoms with E-state index in [1.807, 2.05) is 23.5 Å². The van der Waals surface area contributed by atoms with Gasteiger partial charge in [0.25, 0.3) is 0 Å². The molecule has 4 unspecified atom stereocenters. The average molecular weight is 397 g/mol. The van der Waals surface area contributed by atoms with Gasteiger partial charge in [0.05, 0.1) is 4.47 Å². The Morgan fingerprint density at radius 3 is 2.71 bits per heavy atom. The van der Waals surface area contributed by atoms with E-state index in [1.54, 1.807) is 0 Å². The molecule has 1 fully saturated rings. The molecule has 118 valence electrons. The first-order chi connectivity index (χ1) is 9.93. The van der Waals surface area contributed by atoms with E-state index >= 15 is 0 Å². The van der Waals surface area contributed by atoms with Gasteiger partial charge in [-0.2, -0.15) is 23.5 Å². The average Bonchev–Trinajstić information content (AvgIpc) is 2.47. The predicted octanol–water partition coefficient (Wildman–Crippen LogP) is 3.73. The lowest BCUT2D eigenvalue weighted by atomic mass is 10.0. The minimum absolute atomic E-state index is 0.0872. The van der Waals surface area contributed by atoms with Crippen LogP contribution in [-0.4, -0.2) is 27.5 Å². The summed E-state index contributed by atoms with van der Waals surface area (Å²) >= 11 is 6.83. The van der Waals surface area contributed by atoms with E-state index in [4.69, 9.17) is 5.84 Å². The third-order valence-corrected chi connectivity index (χ3v) is 7.96. The van der Waals surface area contributed by atoms with Crippen molar-refractivity contribution in [2.24, 2.45) is 5.84 Å². The summed E-state index contributed by atoms with van der Waals surface area (Å²) < 4.78 is 28.3. The second-order valence-corrected chi connectivity index (χ2v) is 9.10. The molecule has 2 rings (SSSR count). The molecule has 0 spiro atoms. The fourth-order valence-electron chi connectivity index (χ4n) is 2.29. The Hall–Kier alpha value is 0.180. The molecule has 3 N–H and O–H groups in total. The van der Waals surface area contributed by atoms with Gasteiger partial charge in [0, 0.05) is 33.1 Å². The molecule has 7 heteroatoms. The summed E-state index contributed by atoms with van der Waals surface area (Å²) in [5.74, 6) is 5.51. The van der Waals surface area contributed by atoms with Crippen LogP contribution in [0.3, 0.4) is 0 Å². The lowest BCUT2D eigenvalue weighted by molar-refractivity contribution is 0.482. The van der Waals surface area contributed by atoms with E-state index in [2.05, 4.69) is 35.2 Å².